The Morgan fingerprint density at radius 3 is 2.65 bits per heavy atom. The van der Waals surface area contributed by atoms with E-state index in [4.69, 9.17) is 11.6 Å². The molecule has 2 aromatic heterocycles. The van der Waals surface area contributed by atoms with Crippen molar-refractivity contribution in [2.75, 3.05) is 18.0 Å². The largest absolute Gasteiger partial charge is 0.352 e. The summed E-state index contributed by atoms with van der Waals surface area (Å²) in [6, 6.07) is 5.42. The first-order valence-corrected chi connectivity index (χ1v) is 11.4. The Morgan fingerprint density at radius 1 is 1.21 bits per heavy atom. The van der Waals surface area contributed by atoms with E-state index in [0.717, 1.165) is 16.5 Å². The number of aromatic nitrogens is 4. The average molecular weight is 479 g/mol. The zero-order valence-electron chi connectivity index (χ0n) is 19.1. The second-order valence-electron chi connectivity index (χ2n) is 8.78. The second kappa shape index (κ2) is 8.36. The standard InChI is InChI=1S/C25H24ClFN6O/c1-5-20(34)33-14(3)10-32(11-15(33)4)25-16-8-18(26)22(23(27)24(16)28-12-29-25)21-13(2)6-7-19-17(21)9-30-31-19/h5-9,12,14-15H,1,10-11H2,2-4H3,(H,30,31)/t14-,15+. The molecule has 3 heterocycles. The number of aromatic amines is 1. The van der Waals surface area contributed by atoms with Crippen LogP contribution in [-0.4, -0.2) is 56.1 Å². The van der Waals surface area contributed by atoms with E-state index >= 15 is 4.39 Å². The van der Waals surface area contributed by atoms with Gasteiger partial charge in [-0.05, 0) is 44.5 Å². The van der Waals surface area contributed by atoms with E-state index < -0.39 is 5.82 Å². The number of carbonyl (C=O) groups excluding carboxylic acids is 1. The van der Waals surface area contributed by atoms with E-state index in [2.05, 4.69) is 31.6 Å². The lowest BCUT2D eigenvalue weighted by atomic mass is 9.95. The summed E-state index contributed by atoms with van der Waals surface area (Å²) in [5, 5.41) is 8.64. The molecule has 4 aromatic rings. The highest BCUT2D eigenvalue weighted by Crippen LogP contribution is 2.41. The molecule has 0 unspecified atom stereocenters. The number of nitrogens with zero attached hydrogens (tertiary/aromatic N) is 5. The molecular formula is C25H24ClFN6O. The smallest absolute Gasteiger partial charge is 0.246 e. The number of fused-ring (bicyclic) bond motifs is 2. The van der Waals surface area contributed by atoms with E-state index in [1.54, 1.807) is 12.3 Å². The van der Waals surface area contributed by atoms with Gasteiger partial charge < -0.3 is 9.80 Å². The number of H-pyrrole nitrogens is 1. The third-order valence-electron chi connectivity index (χ3n) is 6.53. The van der Waals surface area contributed by atoms with Gasteiger partial charge in [0, 0.05) is 47.1 Å². The molecule has 1 aliphatic rings. The maximum Gasteiger partial charge on any atom is 0.246 e. The van der Waals surface area contributed by atoms with Crippen LogP contribution in [0.2, 0.25) is 5.02 Å². The number of nitrogens with one attached hydrogen (secondary N) is 1. The van der Waals surface area contributed by atoms with Crippen LogP contribution in [0.25, 0.3) is 32.9 Å². The van der Waals surface area contributed by atoms with Crippen molar-refractivity contribution in [3.05, 3.63) is 59.8 Å². The van der Waals surface area contributed by atoms with Gasteiger partial charge in [-0.2, -0.15) is 5.10 Å². The number of anilines is 1. The van der Waals surface area contributed by atoms with Crippen LogP contribution in [0.1, 0.15) is 19.4 Å². The monoisotopic (exact) mass is 478 g/mol. The van der Waals surface area contributed by atoms with E-state index in [1.807, 2.05) is 37.8 Å². The fourth-order valence-electron chi connectivity index (χ4n) is 5.09. The summed E-state index contributed by atoms with van der Waals surface area (Å²) in [4.78, 5) is 24.9. The van der Waals surface area contributed by atoms with Crippen LogP contribution < -0.4 is 4.90 Å². The maximum absolute atomic E-state index is 16.1. The number of amides is 1. The lowest BCUT2D eigenvalue weighted by Crippen LogP contribution is -2.58. The fourth-order valence-corrected chi connectivity index (χ4v) is 5.38. The van der Waals surface area contributed by atoms with Crippen LogP contribution in [-0.2, 0) is 4.79 Å². The zero-order valence-corrected chi connectivity index (χ0v) is 19.9. The highest BCUT2D eigenvalue weighted by Gasteiger charge is 2.33. The number of piperazine rings is 1. The van der Waals surface area contributed by atoms with Gasteiger partial charge in [-0.25, -0.2) is 14.4 Å². The summed E-state index contributed by atoms with van der Waals surface area (Å²) in [6.07, 6.45) is 4.39. The topological polar surface area (TPSA) is 78.0 Å². The SMILES string of the molecule is C=CC(=O)N1[C@H](C)CN(c2ncnc3c(F)c(-c4c(C)ccc5[nH]ncc45)c(Cl)cc23)C[C@@H]1C. The third kappa shape index (κ3) is 3.40. The molecule has 174 valence electrons. The van der Waals surface area contributed by atoms with Gasteiger partial charge >= 0.3 is 0 Å². The number of halogens is 2. The Balaban J connectivity index is 1.64. The van der Waals surface area contributed by atoms with Crippen LogP contribution in [0.15, 0.2) is 43.4 Å². The molecule has 1 fully saturated rings. The number of hydrogen-bond donors (Lipinski definition) is 1. The number of aryl methyl sites for hydroxylation is 1. The molecule has 1 N–H and O–H groups in total. The highest BCUT2D eigenvalue weighted by atomic mass is 35.5. The molecule has 0 bridgehead atoms. The summed E-state index contributed by atoms with van der Waals surface area (Å²) in [6.45, 7) is 10.6. The van der Waals surface area contributed by atoms with Gasteiger partial charge in [0.1, 0.15) is 17.7 Å². The maximum atomic E-state index is 16.1. The Bertz CT molecular complexity index is 1440. The number of hydrogen-bond acceptors (Lipinski definition) is 5. The van der Waals surface area contributed by atoms with Crippen molar-refractivity contribution in [1.82, 2.24) is 25.1 Å². The van der Waals surface area contributed by atoms with E-state index in [1.165, 1.54) is 12.4 Å². The van der Waals surface area contributed by atoms with E-state index in [9.17, 15) is 4.79 Å². The van der Waals surface area contributed by atoms with Gasteiger partial charge in [0.25, 0.3) is 0 Å². The van der Waals surface area contributed by atoms with E-state index in [0.29, 0.717) is 35.4 Å². The van der Waals surface area contributed by atoms with Crippen LogP contribution in [0.4, 0.5) is 10.2 Å². The molecule has 2 atom stereocenters. The molecule has 7 nitrogen and oxygen atoms in total. The molecule has 0 radical (unpaired) electrons. The Hall–Kier alpha value is -3.52. The number of rotatable bonds is 3. The van der Waals surface area contributed by atoms with Gasteiger partial charge in [-0.15, -0.1) is 0 Å². The van der Waals surface area contributed by atoms with Crippen molar-refractivity contribution in [2.45, 2.75) is 32.9 Å². The van der Waals surface area contributed by atoms with Gasteiger partial charge in [0.2, 0.25) is 5.91 Å². The summed E-state index contributed by atoms with van der Waals surface area (Å²) >= 11 is 6.73. The summed E-state index contributed by atoms with van der Waals surface area (Å²) < 4.78 is 16.1. The molecular weight excluding hydrogens is 455 g/mol. The summed E-state index contributed by atoms with van der Waals surface area (Å²) in [5.41, 5.74) is 2.87. The molecule has 2 aromatic carbocycles. The quantitative estimate of drug-likeness (QED) is 0.424. The van der Waals surface area contributed by atoms with Gasteiger partial charge in [-0.1, -0.05) is 24.2 Å². The zero-order chi connectivity index (χ0) is 24.1. The lowest BCUT2D eigenvalue weighted by Gasteiger charge is -2.44. The van der Waals surface area contributed by atoms with Crippen LogP contribution in [0.3, 0.4) is 0 Å². The molecule has 1 amide bonds. The molecule has 1 aliphatic heterocycles. The first-order chi connectivity index (χ1) is 16.3. The Labute approximate surface area is 201 Å². The van der Waals surface area contributed by atoms with Gasteiger partial charge in [0.05, 0.1) is 16.7 Å². The molecule has 0 spiro atoms. The highest BCUT2D eigenvalue weighted by molar-refractivity contribution is 6.35. The van der Waals surface area contributed by atoms with Crippen molar-refractivity contribution >= 4 is 45.1 Å². The first-order valence-electron chi connectivity index (χ1n) is 11.1. The van der Waals surface area contributed by atoms with E-state index in [-0.39, 0.29) is 28.5 Å². The molecule has 9 heteroatoms. The second-order valence-corrected chi connectivity index (χ2v) is 9.19. The molecule has 0 aliphatic carbocycles. The summed E-state index contributed by atoms with van der Waals surface area (Å²) in [7, 11) is 0. The minimum atomic E-state index is -0.496. The first kappa shape index (κ1) is 22.3. The lowest BCUT2D eigenvalue weighted by molar-refractivity contribution is -0.130. The van der Waals surface area contributed by atoms with Crippen molar-refractivity contribution in [2.24, 2.45) is 0 Å². The van der Waals surface area contributed by atoms with Gasteiger partial charge in [-0.3, -0.25) is 9.89 Å². The van der Waals surface area contributed by atoms with Crippen LogP contribution in [0, 0.1) is 12.7 Å². The molecule has 0 saturated carbocycles. The van der Waals surface area contributed by atoms with Crippen LogP contribution in [0.5, 0.6) is 0 Å². The van der Waals surface area contributed by atoms with Crippen molar-refractivity contribution < 1.29 is 9.18 Å². The molecule has 5 rings (SSSR count). The average Bonchev–Trinajstić information content (AvgIpc) is 3.28. The van der Waals surface area contributed by atoms with Crippen molar-refractivity contribution in [3.8, 4) is 11.1 Å². The Kier molecular flexibility index (Phi) is 5.48. The summed E-state index contributed by atoms with van der Waals surface area (Å²) in [5.74, 6) is -0.000713. The van der Waals surface area contributed by atoms with Crippen molar-refractivity contribution in [1.29, 1.82) is 0 Å². The predicted octanol–water partition coefficient (Wildman–Crippen LogP) is 4.89. The number of benzene rings is 2. The van der Waals surface area contributed by atoms with Crippen molar-refractivity contribution in [3.63, 3.8) is 0 Å². The molecule has 1 saturated heterocycles. The number of carbonyl (C=O) groups is 1. The predicted molar refractivity (Wildman–Crippen MR) is 133 cm³/mol. The normalized spacial score (nSPS) is 18.6. The molecule has 34 heavy (non-hydrogen) atoms. The minimum Gasteiger partial charge on any atom is -0.352 e. The minimum absolute atomic E-state index is 0.0693. The van der Waals surface area contributed by atoms with Crippen LogP contribution >= 0.6 is 11.6 Å². The third-order valence-corrected chi connectivity index (χ3v) is 6.83. The Morgan fingerprint density at radius 2 is 1.94 bits per heavy atom. The van der Waals surface area contributed by atoms with Gasteiger partial charge in [0.15, 0.2) is 5.82 Å². The fraction of sp³-hybridized carbons (Fsp3) is 0.280.